The van der Waals surface area contributed by atoms with Crippen molar-refractivity contribution in [3.63, 3.8) is 0 Å². The van der Waals surface area contributed by atoms with Gasteiger partial charge in [-0.3, -0.25) is 0 Å². The van der Waals surface area contributed by atoms with E-state index < -0.39 is 53.9 Å². The lowest BCUT2D eigenvalue weighted by molar-refractivity contribution is -0.323. The van der Waals surface area contributed by atoms with Crippen molar-refractivity contribution in [2.75, 3.05) is 6.61 Å². The molecule has 4 saturated carbocycles. The lowest BCUT2D eigenvalue weighted by Gasteiger charge is -2.65. The minimum absolute atomic E-state index is 0.0589. The van der Waals surface area contributed by atoms with E-state index in [1.807, 2.05) is 0 Å². The Morgan fingerprint density at radius 3 is 2.45 bits per heavy atom. The summed E-state index contributed by atoms with van der Waals surface area (Å²) in [6, 6.07) is 0. The zero-order chi connectivity index (χ0) is 27.2. The summed E-state index contributed by atoms with van der Waals surface area (Å²) in [7, 11) is 0. The zero-order valence-electron chi connectivity index (χ0n) is 22.7. The van der Waals surface area contributed by atoms with Crippen LogP contribution in [0.5, 0.6) is 0 Å². The van der Waals surface area contributed by atoms with Crippen LogP contribution in [0, 0.1) is 34.5 Å². The normalized spacial score (nSPS) is 56.5. The first-order valence-electron chi connectivity index (χ1n) is 14.5. The number of cyclic esters (lactones) is 1. The number of carbonyl (C=O) groups excluding carboxylic acids is 1. The second-order valence-electron chi connectivity index (χ2n) is 13.7. The number of rotatable bonds is 3. The molecule has 0 aromatic rings. The van der Waals surface area contributed by atoms with Gasteiger partial charge in [-0.2, -0.15) is 0 Å². The molecule has 6 aliphatic rings. The number of aliphatic hydroxyl groups excluding tert-OH is 4. The molecule has 0 radical (unpaired) electrons. The minimum atomic E-state index is -1.40. The highest BCUT2D eigenvalue weighted by molar-refractivity contribution is 5.85. The van der Waals surface area contributed by atoms with Gasteiger partial charge in [-0.15, -0.1) is 0 Å². The number of ether oxygens (including phenoxy) is 3. The highest BCUT2D eigenvalue weighted by Crippen LogP contribution is 2.69. The molecular weight excluding hydrogens is 492 g/mol. The van der Waals surface area contributed by atoms with Crippen molar-refractivity contribution in [1.29, 1.82) is 0 Å². The third-order valence-corrected chi connectivity index (χ3v) is 12.1. The fourth-order valence-electron chi connectivity index (χ4n) is 9.87. The van der Waals surface area contributed by atoms with Crippen molar-refractivity contribution < 1.29 is 44.5 Å². The molecule has 2 heterocycles. The number of fused-ring (bicyclic) bond motifs is 5. The van der Waals surface area contributed by atoms with Crippen molar-refractivity contribution in [3.8, 4) is 0 Å². The Bertz CT molecular complexity index is 985. The Labute approximate surface area is 224 Å². The number of esters is 1. The quantitative estimate of drug-likeness (QED) is 0.267. The smallest absolute Gasteiger partial charge is 0.331 e. The van der Waals surface area contributed by atoms with Crippen molar-refractivity contribution in [3.05, 3.63) is 11.6 Å². The van der Waals surface area contributed by atoms with Crippen LogP contribution in [-0.2, 0) is 19.0 Å². The molecule has 0 spiro atoms. The molecule has 0 aromatic heterocycles. The van der Waals surface area contributed by atoms with Gasteiger partial charge in [-0.1, -0.05) is 13.8 Å². The molecule has 9 nitrogen and oxygen atoms in total. The number of hydrogen-bond donors (Lipinski definition) is 5. The van der Waals surface area contributed by atoms with E-state index in [1.165, 1.54) is 0 Å². The Morgan fingerprint density at radius 2 is 1.74 bits per heavy atom. The van der Waals surface area contributed by atoms with E-state index in [1.54, 1.807) is 13.0 Å². The van der Waals surface area contributed by atoms with Gasteiger partial charge in [-0.05, 0) is 86.5 Å². The summed E-state index contributed by atoms with van der Waals surface area (Å²) >= 11 is 0. The highest BCUT2D eigenvalue weighted by Gasteiger charge is 2.68. The minimum Gasteiger partial charge on any atom is -0.458 e. The summed E-state index contributed by atoms with van der Waals surface area (Å²) in [5.41, 5.74) is -0.631. The van der Waals surface area contributed by atoms with Gasteiger partial charge in [0.25, 0.3) is 0 Å². The van der Waals surface area contributed by atoms with Crippen LogP contribution < -0.4 is 0 Å². The second-order valence-corrected chi connectivity index (χ2v) is 13.7. The SMILES string of the molecule is C[C@H]1O[C@@H](O[C@@H]2CC[C@]3(C)[C@H]4CC[C@]5(C)[C@@H](C6=CC(=O)OC6)CC[C@H]5[C@@H]4C[C@H](O)[C@]3(O)C2)[C@@H](O)[C@@H](O)[C@H]1O. The van der Waals surface area contributed by atoms with Gasteiger partial charge < -0.3 is 39.7 Å². The summed E-state index contributed by atoms with van der Waals surface area (Å²) in [6.07, 6.45) is 0.718. The van der Waals surface area contributed by atoms with Crippen LogP contribution in [0.2, 0.25) is 0 Å². The first-order chi connectivity index (χ1) is 17.9. The third-order valence-electron chi connectivity index (χ3n) is 12.1. The van der Waals surface area contributed by atoms with Crippen LogP contribution in [0.3, 0.4) is 0 Å². The molecule has 214 valence electrons. The topological polar surface area (TPSA) is 146 Å². The van der Waals surface area contributed by atoms with Crippen molar-refractivity contribution in [2.45, 2.75) is 121 Å². The van der Waals surface area contributed by atoms with Crippen molar-refractivity contribution in [2.24, 2.45) is 34.5 Å². The summed E-state index contributed by atoms with van der Waals surface area (Å²) in [5, 5.41) is 54.3. The second kappa shape index (κ2) is 9.23. The lowest BCUT2D eigenvalue weighted by atomic mass is 9.42. The average molecular weight is 537 g/mol. The van der Waals surface area contributed by atoms with Crippen LogP contribution in [0.25, 0.3) is 0 Å². The maximum Gasteiger partial charge on any atom is 0.331 e. The predicted molar refractivity (Wildman–Crippen MR) is 134 cm³/mol. The van der Waals surface area contributed by atoms with Crippen LogP contribution in [0.15, 0.2) is 11.6 Å². The van der Waals surface area contributed by atoms with E-state index >= 15 is 0 Å². The fourth-order valence-corrected chi connectivity index (χ4v) is 9.87. The molecule has 0 unspecified atom stereocenters. The number of aliphatic hydroxyl groups is 5. The van der Waals surface area contributed by atoms with Gasteiger partial charge in [0.2, 0.25) is 0 Å². The average Bonchev–Trinajstić information content (AvgIpc) is 3.45. The molecule has 4 aliphatic carbocycles. The van der Waals surface area contributed by atoms with E-state index in [-0.39, 0.29) is 23.7 Å². The Kier molecular flexibility index (Phi) is 6.58. The first-order valence-corrected chi connectivity index (χ1v) is 14.5. The standard InChI is InChI=1S/C29H44O9/c1-14-23(32)24(33)25(34)26(37-14)38-16-6-9-28(3)20-7-8-27(2)18(15-10-22(31)36-13-15)4-5-19(27)17(20)11-21(30)29(28,35)12-16/h10,14,16-21,23-26,30,32-35H,4-9,11-13H2,1-3H3/t14-,16-,17+,18-,19+,20+,21+,23+,24+,25+,26+,27-,28-,29-/m1/s1. The zero-order valence-corrected chi connectivity index (χ0v) is 22.7. The van der Waals surface area contributed by atoms with E-state index in [9.17, 15) is 30.3 Å². The maximum atomic E-state index is 12.1. The molecule has 0 bridgehead atoms. The van der Waals surface area contributed by atoms with Gasteiger partial charge in [0.15, 0.2) is 6.29 Å². The van der Waals surface area contributed by atoms with Gasteiger partial charge in [0.1, 0.15) is 24.9 Å². The van der Waals surface area contributed by atoms with Crippen LogP contribution in [0.1, 0.15) is 72.1 Å². The fraction of sp³-hybridized carbons (Fsp3) is 0.897. The van der Waals surface area contributed by atoms with E-state index in [0.717, 1.165) is 31.3 Å². The molecule has 6 rings (SSSR count). The summed E-state index contributed by atoms with van der Waals surface area (Å²) in [4.78, 5) is 11.8. The van der Waals surface area contributed by atoms with Crippen LogP contribution in [-0.4, -0.2) is 86.6 Å². The maximum absolute atomic E-state index is 12.1. The predicted octanol–water partition coefficient (Wildman–Crippen LogP) is 1.43. The highest BCUT2D eigenvalue weighted by atomic mass is 16.7. The van der Waals surface area contributed by atoms with Gasteiger partial charge in [0.05, 0.1) is 23.9 Å². The third kappa shape index (κ3) is 3.80. The largest absolute Gasteiger partial charge is 0.458 e. The molecule has 0 amide bonds. The molecule has 5 N–H and O–H groups in total. The van der Waals surface area contributed by atoms with Crippen molar-refractivity contribution in [1.82, 2.24) is 0 Å². The molecule has 5 fully saturated rings. The lowest BCUT2D eigenvalue weighted by Crippen LogP contribution is -2.69. The van der Waals surface area contributed by atoms with E-state index in [4.69, 9.17) is 14.2 Å². The van der Waals surface area contributed by atoms with Gasteiger partial charge >= 0.3 is 5.97 Å². The number of carbonyl (C=O) groups is 1. The molecule has 38 heavy (non-hydrogen) atoms. The molecular formula is C29H44O9. The molecule has 14 atom stereocenters. The first kappa shape index (κ1) is 27.1. The van der Waals surface area contributed by atoms with Crippen molar-refractivity contribution >= 4 is 5.97 Å². The van der Waals surface area contributed by atoms with Crippen LogP contribution >= 0.6 is 0 Å². The molecule has 0 aromatic carbocycles. The van der Waals surface area contributed by atoms with Gasteiger partial charge in [-0.25, -0.2) is 4.79 Å². The summed E-state index contributed by atoms with van der Waals surface area (Å²) in [6.45, 7) is 6.51. The summed E-state index contributed by atoms with van der Waals surface area (Å²) in [5.74, 6) is 1.09. The Hall–Kier alpha value is -1.07. The molecule has 9 heteroatoms. The van der Waals surface area contributed by atoms with E-state index in [2.05, 4.69) is 13.8 Å². The van der Waals surface area contributed by atoms with E-state index in [0.29, 0.717) is 43.6 Å². The summed E-state index contributed by atoms with van der Waals surface area (Å²) < 4.78 is 17.0. The molecule has 2 aliphatic heterocycles. The van der Waals surface area contributed by atoms with Crippen LogP contribution in [0.4, 0.5) is 0 Å². The van der Waals surface area contributed by atoms with Gasteiger partial charge in [0, 0.05) is 17.9 Å². The number of hydrogen-bond acceptors (Lipinski definition) is 9. The molecule has 1 saturated heterocycles. The monoisotopic (exact) mass is 536 g/mol. The Balaban J connectivity index is 1.20. The Morgan fingerprint density at radius 1 is 0.974 bits per heavy atom.